The zero-order valence-corrected chi connectivity index (χ0v) is 22.9. The van der Waals surface area contributed by atoms with E-state index in [2.05, 4.69) is 5.32 Å². The van der Waals surface area contributed by atoms with Gasteiger partial charge in [0.15, 0.2) is 11.5 Å². The number of nitrogens with zero attached hydrogens (tertiary/aromatic N) is 1. The maximum absolute atomic E-state index is 14.9. The molecule has 3 aliphatic heterocycles. The molecule has 1 N–H and O–H groups in total. The maximum atomic E-state index is 14.9. The summed E-state index contributed by atoms with van der Waals surface area (Å²) in [6, 6.07) is 29.4. The first-order valence-electron chi connectivity index (χ1n) is 13.8. The molecule has 3 aliphatic rings. The molecule has 6 nitrogen and oxygen atoms in total. The highest BCUT2D eigenvalue weighted by Crippen LogP contribution is 2.62. The summed E-state index contributed by atoms with van der Waals surface area (Å²) in [5.41, 5.74) is 2.51. The molecule has 0 aliphatic carbocycles. The van der Waals surface area contributed by atoms with Gasteiger partial charge in [0.05, 0.1) is 17.0 Å². The van der Waals surface area contributed by atoms with Crippen LogP contribution in [0.2, 0.25) is 5.02 Å². The molecule has 1 fully saturated rings. The topological polar surface area (TPSA) is 79.6 Å². The third kappa shape index (κ3) is 3.24. The molecule has 1 amide bonds. The van der Waals surface area contributed by atoms with Crippen molar-refractivity contribution in [1.82, 2.24) is 4.90 Å². The van der Waals surface area contributed by atoms with E-state index >= 15 is 0 Å². The Kier molecular flexibility index (Phi) is 5.34. The van der Waals surface area contributed by atoms with Crippen LogP contribution >= 0.6 is 11.6 Å². The van der Waals surface area contributed by atoms with Gasteiger partial charge in [0.1, 0.15) is 17.0 Å². The van der Waals surface area contributed by atoms with Gasteiger partial charge in [0, 0.05) is 22.8 Å². The first kappa shape index (κ1) is 24.8. The van der Waals surface area contributed by atoms with E-state index in [1.807, 2.05) is 83.9 Å². The minimum Gasteiger partial charge on any atom is -0.453 e. The number of Topliss-reactive ketones (excluding diaryl/α,β-unsaturated/α-hetero) is 2. The Morgan fingerprint density at radius 2 is 1.60 bits per heavy atom. The van der Waals surface area contributed by atoms with E-state index in [1.165, 1.54) is 0 Å². The Labute approximate surface area is 246 Å². The predicted molar refractivity (Wildman–Crippen MR) is 160 cm³/mol. The molecule has 0 unspecified atom stereocenters. The highest BCUT2D eigenvalue weighted by Gasteiger charge is 2.71. The summed E-state index contributed by atoms with van der Waals surface area (Å²) in [5.74, 6) is -2.10. The van der Waals surface area contributed by atoms with Gasteiger partial charge in [-0.1, -0.05) is 84.4 Å². The van der Waals surface area contributed by atoms with Crippen molar-refractivity contribution in [1.29, 1.82) is 0 Å². The number of amides is 1. The Bertz CT molecular complexity index is 1960. The number of nitrogens with one attached hydrogen (secondary N) is 1. The first-order chi connectivity index (χ1) is 20.5. The number of halogens is 1. The minimum atomic E-state index is -1.44. The highest BCUT2D eigenvalue weighted by molar-refractivity contribution is 6.34. The quantitative estimate of drug-likeness (QED) is 0.234. The highest BCUT2D eigenvalue weighted by atomic mass is 35.5. The van der Waals surface area contributed by atoms with Crippen LogP contribution in [0, 0.1) is 5.92 Å². The number of fused-ring (bicyclic) bond motifs is 7. The SMILES string of the molecule is O=C(c1ccccc1Cl)[C@@H]1[C@H](C(=O)c2cc3ccccc3o2)[C@]2(C(=O)Nc3ccccc32)[C@@H]2c3ccccc3C=CN12. The summed E-state index contributed by atoms with van der Waals surface area (Å²) in [7, 11) is 0. The standard InChI is InChI=1S/C35H23ClN2O4/c36-25-14-6-4-12-23(25)31(39)30-29(32(40)28-19-21-10-2-8-16-27(21)42-28)35(24-13-5-7-15-26(24)37-34(35)41)33-22-11-3-1-9-20(22)17-18-38(30)33/h1-19,29-30,33H,(H,37,41)/t29-,30+,33+,35+/m1/s1. The fraction of sp³-hybridized carbons (Fsp3) is 0.114. The van der Waals surface area contributed by atoms with Crippen LogP contribution < -0.4 is 5.32 Å². The van der Waals surface area contributed by atoms with Crippen LogP contribution in [0.4, 0.5) is 5.69 Å². The summed E-state index contributed by atoms with van der Waals surface area (Å²) in [5, 5.41) is 4.11. The predicted octanol–water partition coefficient (Wildman–Crippen LogP) is 7.07. The molecular formula is C35H23ClN2O4. The van der Waals surface area contributed by atoms with E-state index in [0.29, 0.717) is 22.4 Å². The third-order valence-electron chi connectivity index (χ3n) is 8.93. The van der Waals surface area contributed by atoms with E-state index in [0.717, 1.165) is 16.5 Å². The number of hydrogen-bond acceptors (Lipinski definition) is 5. The van der Waals surface area contributed by atoms with Crippen molar-refractivity contribution in [3.63, 3.8) is 0 Å². The largest absolute Gasteiger partial charge is 0.453 e. The normalized spacial score (nSPS) is 23.5. The van der Waals surface area contributed by atoms with Crippen molar-refractivity contribution < 1.29 is 18.8 Å². The fourth-order valence-corrected chi connectivity index (χ4v) is 7.47. The third-order valence-corrected chi connectivity index (χ3v) is 9.26. The molecule has 0 bridgehead atoms. The number of furan rings is 1. The zero-order chi connectivity index (χ0) is 28.6. The summed E-state index contributed by atoms with van der Waals surface area (Å²) in [6.45, 7) is 0. The van der Waals surface area contributed by atoms with Crippen LogP contribution in [-0.4, -0.2) is 28.4 Å². The second-order valence-corrected chi connectivity index (χ2v) is 11.3. The van der Waals surface area contributed by atoms with E-state index in [1.54, 1.807) is 36.4 Å². The molecule has 4 atom stereocenters. The lowest BCUT2D eigenvalue weighted by Gasteiger charge is -2.38. The van der Waals surface area contributed by atoms with Crippen molar-refractivity contribution in [2.75, 3.05) is 5.32 Å². The number of ketones is 2. The molecule has 7 heteroatoms. The van der Waals surface area contributed by atoms with Crippen molar-refractivity contribution in [2.45, 2.75) is 17.5 Å². The minimum absolute atomic E-state index is 0.104. The van der Waals surface area contributed by atoms with E-state index in [9.17, 15) is 14.4 Å². The van der Waals surface area contributed by atoms with Gasteiger partial charge < -0.3 is 14.6 Å². The lowest BCUT2D eigenvalue weighted by atomic mass is 9.63. The first-order valence-corrected chi connectivity index (χ1v) is 14.1. The second kappa shape index (κ2) is 9.03. The molecule has 4 aromatic carbocycles. The van der Waals surface area contributed by atoms with Gasteiger partial charge in [-0.3, -0.25) is 14.4 Å². The monoisotopic (exact) mass is 570 g/mol. The molecule has 1 aromatic heterocycles. The van der Waals surface area contributed by atoms with Gasteiger partial charge in [-0.05, 0) is 53.1 Å². The Balaban J connectivity index is 1.44. The van der Waals surface area contributed by atoms with Crippen molar-refractivity contribution >= 4 is 51.8 Å². The molecule has 0 radical (unpaired) electrons. The molecule has 8 rings (SSSR count). The van der Waals surface area contributed by atoms with Crippen molar-refractivity contribution in [3.05, 3.63) is 142 Å². The van der Waals surface area contributed by atoms with Crippen LogP contribution in [-0.2, 0) is 10.2 Å². The summed E-state index contributed by atoms with van der Waals surface area (Å²) >= 11 is 6.57. The van der Waals surface area contributed by atoms with Crippen LogP contribution in [0.25, 0.3) is 17.0 Å². The number of hydrogen-bond donors (Lipinski definition) is 1. The number of carbonyl (C=O) groups is 3. The van der Waals surface area contributed by atoms with Crippen LogP contribution in [0.1, 0.15) is 43.6 Å². The van der Waals surface area contributed by atoms with E-state index in [4.69, 9.17) is 16.0 Å². The van der Waals surface area contributed by atoms with Crippen LogP contribution in [0.15, 0.2) is 114 Å². The van der Waals surface area contributed by atoms with Crippen molar-refractivity contribution in [2.24, 2.45) is 5.92 Å². The summed E-state index contributed by atoms with van der Waals surface area (Å²) in [4.78, 5) is 46.0. The van der Waals surface area contributed by atoms with Gasteiger partial charge in [0.2, 0.25) is 11.7 Å². The average Bonchev–Trinajstić information content (AvgIpc) is 3.68. The molecule has 42 heavy (non-hydrogen) atoms. The van der Waals surface area contributed by atoms with Gasteiger partial charge in [-0.15, -0.1) is 0 Å². The number of carbonyl (C=O) groups excluding carboxylic acids is 3. The summed E-state index contributed by atoms with van der Waals surface area (Å²) in [6.07, 6.45) is 3.77. The molecule has 4 heterocycles. The number of benzene rings is 4. The molecule has 1 spiro atoms. The maximum Gasteiger partial charge on any atom is 0.238 e. The van der Waals surface area contributed by atoms with Gasteiger partial charge in [-0.25, -0.2) is 0 Å². The molecular weight excluding hydrogens is 548 g/mol. The molecule has 204 valence electrons. The Morgan fingerprint density at radius 1 is 0.857 bits per heavy atom. The zero-order valence-electron chi connectivity index (χ0n) is 22.2. The fourth-order valence-electron chi connectivity index (χ4n) is 7.24. The molecule has 0 saturated carbocycles. The average molecular weight is 571 g/mol. The number of para-hydroxylation sites is 2. The lowest BCUT2D eigenvalue weighted by Crippen LogP contribution is -2.49. The van der Waals surface area contributed by atoms with Gasteiger partial charge >= 0.3 is 0 Å². The van der Waals surface area contributed by atoms with E-state index in [-0.39, 0.29) is 22.5 Å². The molecule has 5 aromatic rings. The second-order valence-electron chi connectivity index (χ2n) is 10.9. The van der Waals surface area contributed by atoms with Gasteiger partial charge in [-0.2, -0.15) is 0 Å². The lowest BCUT2D eigenvalue weighted by molar-refractivity contribution is -0.122. The van der Waals surface area contributed by atoms with E-state index < -0.39 is 29.2 Å². The number of anilines is 1. The van der Waals surface area contributed by atoms with Crippen molar-refractivity contribution in [3.8, 4) is 0 Å². The smallest absolute Gasteiger partial charge is 0.238 e. The Morgan fingerprint density at radius 3 is 2.45 bits per heavy atom. The number of rotatable bonds is 4. The van der Waals surface area contributed by atoms with Gasteiger partial charge in [0.25, 0.3) is 0 Å². The van der Waals surface area contributed by atoms with Crippen LogP contribution in [0.3, 0.4) is 0 Å². The summed E-state index contributed by atoms with van der Waals surface area (Å²) < 4.78 is 6.09. The van der Waals surface area contributed by atoms with Crippen LogP contribution in [0.5, 0.6) is 0 Å². The Hall–Kier alpha value is -4.94. The molecule has 1 saturated heterocycles.